The fourth-order valence-corrected chi connectivity index (χ4v) is 3.92. The Hall–Kier alpha value is -2.67. The SMILES string of the molecule is COC(=O)c1cccc(NC2CCn3nnc(C)c3-c3ccc(Br)cc32)c1. The van der Waals surface area contributed by atoms with Crippen molar-refractivity contribution in [3.05, 3.63) is 63.8 Å². The molecule has 0 aliphatic carbocycles. The Kier molecular flexibility index (Phi) is 4.70. The molecule has 6 nitrogen and oxygen atoms in total. The van der Waals surface area contributed by atoms with Gasteiger partial charge in [0.1, 0.15) is 0 Å². The van der Waals surface area contributed by atoms with Crippen molar-refractivity contribution in [2.45, 2.75) is 25.9 Å². The van der Waals surface area contributed by atoms with Gasteiger partial charge in [0.05, 0.1) is 30.1 Å². The lowest BCUT2D eigenvalue weighted by molar-refractivity contribution is 0.0601. The summed E-state index contributed by atoms with van der Waals surface area (Å²) in [5.41, 5.74) is 5.69. The van der Waals surface area contributed by atoms with E-state index in [1.54, 1.807) is 6.07 Å². The van der Waals surface area contributed by atoms with Crippen molar-refractivity contribution < 1.29 is 9.53 Å². The zero-order valence-corrected chi connectivity index (χ0v) is 16.7. The normalized spacial score (nSPS) is 15.4. The highest BCUT2D eigenvalue weighted by molar-refractivity contribution is 9.10. The van der Waals surface area contributed by atoms with E-state index in [1.807, 2.05) is 35.9 Å². The number of ether oxygens (including phenoxy) is 1. The summed E-state index contributed by atoms with van der Waals surface area (Å²) in [6.45, 7) is 2.75. The summed E-state index contributed by atoms with van der Waals surface area (Å²) < 4.78 is 7.82. The fourth-order valence-electron chi connectivity index (χ4n) is 3.54. The van der Waals surface area contributed by atoms with Crippen molar-refractivity contribution in [3.8, 4) is 11.3 Å². The lowest BCUT2D eigenvalue weighted by Crippen LogP contribution is -2.13. The summed E-state index contributed by atoms with van der Waals surface area (Å²) in [5, 5.41) is 12.1. The van der Waals surface area contributed by atoms with Crippen LogP contribution in [0.2, 0.25) is 0 Å². The second kappa shape index (κ2) is 7.15. The number of halogens is 1. The molecule has 1 atom stereocenters. The van der Waals surface area contributed by atoms with Gasteiger partial charge < -0.3 is 10.1 Å². The molecule has 0 amide bonds. The molecule has 0 fully saturated rings. The Morgan fingerprint density at radius 3 is 2.96 bits per heavy atom. The fraction of sp³-hybridized carbons (Fsp3) is 0.250. The standard InChI is InChI=1S/C20H19BrN4O2/c1-12-19-16-7-6-14(21)11-17(16)18(8-9-25(19)24-23-12)22-15-5-3-4-13(10-15)20(26)27-2/h3-7,10-11,18,22H,8-9H2,1-2H3. The molecule has 1 aromatic heterocycles. The van der Waals surface area contributed by atoms with Gasteiger partial charge in [0.2, 0.25) is 0 Å². The zero-order valence-electron chi connectivity index (χ0n) is 15.1. The average Bonchev–Trinajstić information content (AvgIpc) is 2.97. The van der Waals surface area contributed by atoms with Gasteiger partial charge >= 0.3 is 5.97 Å². The number of aromatic nitrogens is 3. The van der Waals surface area contributed by atoms with Gasteiger partial charge in [0, 0.05) is 22.3 Å². The third-order valence-electron chi connectivity index (χ3n) is 4.80. The molecule has 1 N–H and O–H groups in total. The van der Waals surface area contributed by atoms with Crippen molar-refractivity contribution in [3.63, 3.8) is 0 Å². The summed E-state index contributed by atoms with van der Waals surface area (Å²) in [6, 6.07) is 13.7. The van der Waals surface area contributed by atoms with E-state index in [1.165, 1.54) is 12.7 Å². The quantitative estimate of drug-likeness (QED) is 0.630. The number of nitrogens with one attached hydrogen (secondary N) is 1. The molecule has 0 spiro atoms. The van der Waals surface area contributed by atoms with Gasteiger partial charge in [0.15, 0.2) is 0 Å². The highest BCUT2D eigenvalue weighted by Crippen LogP contribution is 2.38. The number of methoxy groups -OCH3 is 1. The third-order valence-corrected chi connectivity index (χ3v) is 5.30. The lowest BCUT2D eigenvalue weighted by Gasteiger charge is -2.21. The first-order valence-electron chi connectivity index (χ1n) is 8.71. The monoisotopic (exact) mass is 426 g/mol. The highest BCUT2D eigenvalue weighted by atomic mass is 79.9. The first kappa shape index (κ1) is 17.7. The minimum atomic E-state index is -0.343. The number of aryl methyl sites for hydroxylation is 2. The van der Waals surface area contributed by atoms with E-state index in [2.05, 4.69) is 43.7 Å². The molecule has 1 aliphatic rings. The first-order valence-corrected chi connectivity index (χ1v) is 9.51. The molecule has 4 rings (SSSR count). The zero-order chi connectivity index (χ0) is 19.0. The van der Waals surface area contributed by atoms with Crippen LogP contribution >= 0.6 is 15.9 Å². The van der Waals surface area contributed by atoms with Crippen LogP contribution in [0.5, 0.6) is 0 Å². The van der Waals surface area contributed by atoms with Gasteiger partial charge in [-0.05, 0) is 49.2 Å². The Balaban J connectivity index is 1.73. The second-order valence-electron chi connectivity index (χ2n) is 6.54. The number of carbonyl (C=O) groups is 1. The first-order chi connectivity index (χ1) is 13.1. The lowest BCUT2D eigenvalue weighted by atomic mass is 9.96. The Bertz CT molecular complexity index is 1010. The van der Waals surface area contributed by atoms with Crippen LogP contribution in [0.15, 0.2) is 46.9 Å². The van der Waals surface area contributed by atoms with E-state index in [-0.39, 0.29) is 12.0 Å². The summed E-state index contributed by atoms with van der Waals surface area (Å²) in [6.07, 6.45) is 0.849. The van der Waals surface area contributed by atoms with Crippen molar-refractivity contribution >= 4 is 27.6 Å². The Morgan fingerprint density at radius 1 is 1.30 bits per heavy atom. The maximum absolute atomic E-state index is 11.8. The van der Waals surface area contributed by atoms with Crippen LogP contribution in [-0.4, -0.2) is 28.1 Å². The predicted octanol–water partition coefficient (Wildman–Crippen LogP) is 4.36. The van der Waals surface area contributed by atoms with Crippen molar-refractivity contribution in [2.24, 2.45) is 0 Å². The largest absolute Gasteiger partial charge is 0.465 e. The molecule has 0 bridgehead atoms. The number of benzene rings is 2. The number of esters is 1. The van der Waals surface area contributed by atoms with Crippen LogP contribution in [0.1, 0.15) is 34.1 Å². The summed E-state index contributed by atoms with van der Waals surface area (Å²) >= 11 is 3.59. The van der Waals surface area contributed by atoms with Crippen LogP contribution in [0.25, 0.3) is 11.3 Å². The number of carbonyl (C=O) groups excluding carboxylic acids is 1. The van der Waals surface area contributed by atoms with Crippen LogP contribution in [0.3, 0.4) is 0 Å². The number of hydrogen-bond donors (Lipinski definition) is 1. The Morgan fingerprint density at radius 2 is 2.15 bits per heavy atom. The van der Waals surface area contributed by atoms with E-state index < -0.39 is 0 Å². The minimum Gasteiger partial charge on any atom is -0.465 e. The van der Waals surface area contributed by atoms with Crippen molar-refractivity contribution in [1.82, 2.24) is 15.0 Å². The molecule has 2 aromatic carbocycles. The second-order valence-corrected chi connectivity index (χ2v) is 7.45. The van der Waals surface area contributed by atoms with E-state index in [0.717, 1.165) is 40.1 Å². The van der Waals surface area contributed by atoms with Crippen LogP contribution in [0.4, 0.5) is 5.69 Å². The van der Waals surface area contributed by atoms with Crippen molar-refractivity contribution in [2.75, 3.05) is 12.4 Å². The van der Waals surface area contributed by atoms with Gasteiger partial charge in [-0.1, -0.05) is 33.3 Å². The van der Waals surface area contributed by atoms with Crippen LogP contribution in [-0.2, 0) is 11.3 Å². The van der Waals surface area contributed by atoms with Gasteiger partial charge in [0.25, 0.3) is 0 Å². The number of nitrogens with zero attached hydrogens (tertiary/aromatic N) is 3. The summed E-state index contributed by atoms with van der Waals surface area (Å²) in [7, 11) is 1.39. The molecule has 7 heteroatoms. The van der Waals surface area contributed by atoms with Gasteiger partial charge in [-0.15, -0.1) is 5.10 Å². The summed E-state index contributed by atoms with van der Waals surface area (Å²) in [4.78, 5) is 11.8. The molecule has 27 heavy (non-hydrogen) atoms. The van der Waals surface area contributed by atoms with E-state index in [0.29, 0.717) is 5.56 Å². The van der Waals surface area contributed by atoms with Crippen molar-refractivity contribution in [1.29, 1.82) is 0 Å². The number of rotatable bonds is 3. The molecule has 2 heterocycles. The molecule has 1 aliphatic heterocycles. The number of anilines is 1. The van der Waals surface area contributed by atoms with E-state index >= 15 is 0 Å². The molecule has 138 valence electrons. The van der Waals surface area contributed by atoms with Crippen LogP contribution in [0, 0.1) is 6.92 Å². The van der Waals surface area contributed by atoms with E-state index in [4.69, 9.17) is 4.74 Å². The summed E-state index contributed by atoms with van der Waals surface area (Å²) in [5.74, 6) is -0.343. The highest BCUT2D eigenvalue weighted by Gasteiger charge is 2.25. The molecule has 0 saturated heterocycles. The third kappa shape index (κ3) is 3.35. The number of hydrogen-bond acceptors (Lipinski definition) is 5. The predicted molar refractivity (Wildman–Crippen MR) is 107 cm³/mol. The van der Waals surface area contributed by atoms with Gasteiger partial charge in [-0.2, -0.15) is 0 Å². The minimum absolute atomic E-state index is 0.0755. The molecule has 0 radical (unpaired) electrons. The van der Waals surface area contributed by atoms with Crippen LogP contribution < -0.4 is 5.32 Å². The maximum atomic E-state index is 11.8. The molecule has 3 aromatic rings. The topological polar surface area (TPSA) is 69.0 Å². The van der Waals surface area contributed by atoms with Gasteiger partial charge in [-0.25, -0.2) is 9.48 Å². The number of fused-ring (bicyclic) bond motifs is 3. The molecular weight excluding hydrogens is 408 g/mol. The molecule has 0 saturated carbocycles. The average molecular weight is 427 g/mol. The van der Waals surface area contributed by atoms with E-state index in [9.17, 15) is 4.79 Å². The molecule has 1 unspecified atom stereocenters. The maximum Gasteiger partial charge on any atom is 0.337 e. The van der Waals surface area contributed by atoms with Gasteiger partial charge in [-0.3, -0.25) is 0 Å². The molecular formula is C20H19BrN4O2. The smallest absolute Gasteiger partial charge is 0.337 e. The Labute approximate surface area is 165 Å².